The average molecular weight is 699 g/mol. The number of esters is 1. The van der Waals surface area contributed by atoms with Gasteiger partial charge >= 0.3 is 5.97 Å². The number of allylic oxidation sites excluding steroid dienone is 10. The Morgan fingerprint density at radius 3 is 1.36 bits per heavy atom. The van der Waals surface area contributed by atoms with Crippen LogP contribution in [0.3, 0.4) is 0 Å². The monoisotopic (exact) mass is 699 g/mol. The van der Waals surface area contributed by atoms with Gasteiger partial charge in [-0.2, -0.15) is 0 Å². The summed E-state index contributed by atoms with van der Waals surface area (Å²) in [4.78, 5) is 12.2. The molecule has 0 saturated heterocycles. The minimum atomic E-state index is -0.537. The van der Waals surface area contributed by atoms with Crippen molar-refractivity contribution in [1.82, 2.24) is 0 Å². The summed E-state index contributed by atoms with van der Waals surface area (Å²) in [6, 6.07) is 0. The second kappa shape index (κ2) is 43.3. The molecule has 50 heavy (non-hydrogen) atoms. The highest BCUT2D eigenvalue weighted by Gasteiger charge is 2.13. The van der Waals surface area contributed by atoms with Crippen molar-refractivity contribution >= 4 is 5.97 Å². The van der Waals surface area contributed by atoms with Gasteiger partial charge in [-0.15, -0.1) is 0 Å². The zero-order chi connectivity index (χ0) is 36.3. The van der Waals surface area contributed by atoms with Gasteiger partial charge in [-0.05, 0) is 57.8 Å². The van der Waals surface area contributed by atoms with Crippen LogP contribution < -0.4 is 0 Å². The number of hydrogen-bond donors (Lipinski definition) is 1. The summed E-state index contributed by atoms with van der Waals surface area (Å²) in [6.07, 6.45) is 57.0. The lowest BCUT2D eigenvalue weighted by Gasteiger charge is -2.16. The van der Waals surface area contributed by atoms with E-state index in [1.807, 2.05) is 0 Å². The summed E-state index contributed by atoms with van der Waals surface area (Å²) in [6.45, 7) is 5.24. The summed E-state index contributed by atoms with van der Waals surface area (Å²) < 4.78 is 11.1. The number of aliphatic hydroxyl groups is 1. The van der Waals surface area contributed by atoms with E-state index in [4.69, 9.17) is 9.47 Å². The van der Waals surface area contributed by atoms with Gasteiger partial charge in [0.25, 0.3) is 0 Å². The molecule has 1 unspecified atom stereocenters. The predicted octanol–water partition coefficient (Wildman–Crippen LogP) is 14.0. The van der Waals surface area contributed by atoms with Gasteiger partial charge in [-0.25, -0.2) is 0 Å². The molecule has 0 aromatic carbocycles. The molecule has 0 aromatic rings. The molecule has 290 valence electrons. The molecule has 4 heteroatoms. The van der Waals surface area contributed by atoms with Gasteiger partial charge in [0, 0.05) is 13.0 Å². The first-order chi connectivity index (χ1) is 24.7. The van der Waals surface area contributed by atoms with E-state index in [0.717, 1.165) is 51.4 Å². The van der Waals surface area contributed by atoms with Crippen molar-refractivity contribution in [3.8, 4) is 0 Å². The third-order valence-electron chi connectivity index (χ3n) is 9.11. The van der Waals surface area contributed by atoms with Crippen molar-refractivity contribution in [2.24, 2.45) is 0 Å². The van der Waals surface area contributed by atoms with Crippen LogP contribution in [-0.2, 0) is 14.3 Å². The molecule has 0 aromatic heterocycles. The Balaban J connectivity index is 3.46. The zero-order valence-electron chi connectivity index (χ0n) is 33.2. The smallest absolute Gasteiger partial charge is 0.306 e. The minimum absolute atomic E-state index is 0.174. The first-order valence-electron chi connectivity index (χ1n) is 21.4. The van der Waals surface area contributed by atoms with Crippen molar-refractivity contribution in [3.05, 3.63) is 60.8 Å². The number of hydrogen-bond acceptors (Lipinski definition) is 4. The summed E-state index contributed by atoms with van der Waals surface area (Å²) in [5.74, 6) is -0.207. The Kier molecular flexibility index (Phi) is 41.6. The van der Waals surface area contributed by atoms with Gasteiger partial charge in [0.15, 0.2) is 0 Å². The first-order valence-corrected chi connectivity index (χ1v) is 21.4. The fourth-order valence-electron chi connectivity index (χ4n) is 5.94. The molecule has 1 atom stereocenters. The van der Waals surface area contributed by atoms with Crippen LogP contribution in [0.2, 0.25) is 0 Å². The Morgan fingerprint density at radius 2 is 0.900 bits per heavy atom. The summed E-state index contributed by atoms with van der Waals surface area (Å²) in [5, 5.41) is 9.59. The molecule has 0 fully saturated rings. The fourth-order valence-corrected chi connectivity index (χ4v) is 5.94. The standard InChI is InChI=1S/C46H82O4/c1-3-5-7-9-11-13-15-17-18-19-20-21-22-23-24-25-26-27-28-29-31-33-35-37-39-41-46(48)50-45(43-47)44-49-42-40-38-36-34-32-30-16-14-12-10-8-6-4-2/h5,7,11,13,17-18,20-21,23-24,45,47H,3-4,6,8-10,12,14-16,19,22,25-44H2,1-2H3/b7-5-,13-11-,18-17-,21-20-,24-23-. The molecule has 0 bridgehead atoms. The number of carbonyl (C=O) groups is 1. The summed E-state index contributed by atoms with van der Waals surface area (Å²) >= 11 is 0. The molecule has 0 aliphatic heterocycles. The lowest BCUT2D eigenvalue weighted by molar-refractivity contribution is -0.154. The summed E-state index contributed by atoms with van der Waals surface area (Å²) in [7, 11) is 0. The van der Waals surface area contributed by atoms with Gasteiger partial charge in [0.1, 0.15) is 6.10 Å². The number of rotatable bonds is 39. The van der Waals surface area contributed by atoms with E-state index in [-0.39, 0.29) is 12.6 Å². The van der Waals surface area contributed by atoms with E-state index >= 15 is 0 Å². The molecule has 4 nitrogen and oxygen atoms in total. The van der Waals surface area contributed by atoms with E-state index in [2.05, 4.69) is 74.6 Å². The Labute approximate surface area is 311 Å². The third-order valence-corrected chi connectivity index (χ3v) is 9.11. The van der Waals surface area contributed by atoms with E-state index < -0.39 is 6.10 Å². The molecule has 1 N–H and O–H groups in total. The molecule has 0 spiro atoms. The van der Waals surface area contributed by atoms with Crippen molar-refractivity contribution in [2.45, 2.75) is 206 Å². The number of ether oxygens (including phenoxy) is 2. The molecule has 0 amide bonds. The van der Waals surface area contributed by atoms with Crippen LogP contribution in [0.4, 0.5) is 0 Å². The molecule has 0 heterocycles. The van der Waals surface area contributed by atoms with Gasteiger partial charge in [-0.3, -0.25) is 4.79 Å². The number of aliphatic hydroxyl groups excluding tert-OH is 1. The van der Waals surface area contributed by atoms with Gasteiger partial charge in [0.05, 0.1) is 13.2 Å². The van der Waals surface area contributed by atoms with Crippen molar-refractivity contribution in [2.75, 3.05) is 19.8 Å². The highest BCUT2D eigenvalue weighted by atomic mass is 16.6. The topological polar surface area (TPSA) is 55.8 Å². The maximum absolute atomic E-state index is 12.2. The Hall–Kier alpha value is -1.91. The molecule has 0 aliphatic carbocycles. The maximum atomic E-state index is 12.2. The van der Waals surface area contributed by atoms with Crippen LogP contribution in [-0.4, -0.2) is 37.0 Å². The fraction of sp³-hybridized carbons (Fsp3) is 0.761. The van der Waals surface area contributed by atoms with Crippen molar-refractivity contribution in [1.29, 1.82) is 0 Å². The predicted molar refractivity (Wildman–Crippen MR) is 219 cm³/mol. The molecular formula is C46H82O4. The molecule has 0 rings (SSSR count). The summed E-state index contributed by atoms with van der Waals surface area (Å²) in [5.41, 5.74) is 0. The molecule has 0 aliphatic rings. The first kappa shape index (κ1) is 48.1. The van der Waals surface area contributed by atoms with Gasteiger partial charge < -0.3 is 14.6 Å². The third kappa shape index (κ3) is 40.5. The highest BCUT2D eigenvalue weighted by Crippen LogP contribution is 2.14. The van der Waals surface area contributed by atoms with Gasteiger partial charge in [0.2, 0.25) is 0 Å². The van der Waals surface area contributed by atoms with Crippen molar-refractivity contribution < 1.29 is 19.4 Å². The maximum Gasteiger partial charge on any atom is 0.306 e. The second-order valence-electron chi connectivity index (χ2n) is 14.0. The van der Waals surface area contributed by atoms with Crippen molar-refractivity contribution in [3.63, 3.8) is 0 Å². The average Bonchev–Trinajstić information content (AvgIpc) is 3.12. The van der Waals surface area contributed by atoms with Crippen LogP contribution in [0.5, 0.6) is 0 Å². The Morgan fingerprint density at radius 1 is 0.500 bits per heavy atom. The van der Waals surface area contributed by atoms with Crippen LogP contribution in [0, 0.1) is 0 Å². The number of carbonyl (C=O) groups excluding carboxylic acids is 1. The minimum Gasteiger partial charge on any atom is -0.457 e. The van der Waals surface area contributed by atoms with E-state index in [1.165, 1.54) is 128 Å². The lowest BCUT2D eigenvalue weighted by Crippen LogP contribution is -2.27. The lowest BCUT2D eigenvalue weighted by atomic mass is 10.0. The second-order valence-corrected chi connectivity index (χ2v) is 14.0. The quantitative estimate of drug-likeness (QED) is 0.0394. The van der Waals surface area contributed by atoms with E-state index in [0.29, 0.717) is 19.6 Å². The van der Waals surface area contributed by atoms with Crippen LogP contribution >= 0.6 is 0 Å². The van der Waals surface area contributed by atoms with Crippen LogP contribution in [0.1, 0.15) is 200 Å². The van der Waals surface area contributed by atoms with Gasteiger partial charge in [-0.1, -0.05) is 197 Å². The normalized spacial score (nSPS) is 12.9. The van der Waals surface area contributed by atoms with Crippen LogP contribution in [0.25, 0.3) is 0 Å². The molecule has 0 radical (unpaired) electrons. The van der Waals surface area contributed by atoms with E-state index in [1.54, 1.807) is 0 Å². The van der Waals surface area contributed by atoms with Crippen LogP contribution in [0.15, 0.2) is 60.8 Å². The highest BCUT2D eigenvalue weighted by molar-refractivity contribution is 5.69. The molecular weight excluding hydrogens is 617 g/mol. The SMILES string of the molecule is CC/C=C\C/C=C\C/C=C\C/C=C\C/C=C\CCCCCCCCCCCC(=O)OC(CO)COCCCCCCCCCCCCCCC. The Bertz CT molecular complexity index is 824. The zero-order valence-corrected chi connectivity index (χ0v) is 33.2. The van der Waals surface area contributed by atoms with E-state index in [9.17, 15) is 9.90 Å². The number of unbranched alkanes of at least 4 members (excludes halogenated alkanes) is 21. The molecule has 0 saturated carbocycles. The largest absolute Gasteiger partial charge is 0.457 e.